The van der Waals surface area contributed by atoms with Gasteiger partial charge in [-0.1, -0.05) is 30.3 Å². The summed E-state index contributed by atoms with van der Waals surface area (Å²) in [6, 6.07) is 19.4. The molecule has 2 aromatic carbocycles. The van der Waals surface area contributed by atoms with Gasteiger partial charge in [0.25, 0.3) is 5.91 Å². The lowest BCUT2D eigenvalue weighted by atomic mass is 10.1. The number of amides is 1. The molecular weight excluding hydrogens is 366 g/mol. The number of hydrogen-bond acceptors (Lipinski definition) is 4. The van der Waals surface area contributed by atoms with E-state index in [9.17, 15) is 4.79 Å². The quantitative estimate of drug-likeness (QED) is 0.723. The predicted octanol–water partition coefficient (Wildman–Crippen LogP) is 3.46. The first kappa shape index (κ1) is 19.1. The fraction of sp³-hybridized carbons (Fsp3) is 0.304. The summed E-state index contributed by atoms with van der Waals surface area (Å²) < 4.78 is 13.7. The summed E-state index contributed by atoms with van der Waals surface area (Å²) in [6.07, 6.45) is -0.401. The molecule has 1 aliphatic rings. The maximum absolute atomic E-state index is 12.8. The third kappa shape index (κ3) is 4.11. The van der Waals surface area contributed by atoms with Crippen LogP contribution >= 0.6 is 0 Å². The van der Waals surface area contributed by atoms with Crippen LogP contribution < -0.4 is 14.8 Å². The number of benzene rings is 2. The highest BCUT2D eigenvalue weighted by atomic mass is 16.6. The molecule has 29 heavy (non-hydrogen) atoms. The Morgan fingerprint density at radius 3 is 2.48 bits per heavy atom. The van der Waals surface area contributed by atoms with E-state index < -0.39 is 6.10 Å². The number of nitrogens with zero attached hydrogens (tertiary/aromatic N) is 2. The lowest BCUT2D eigenvalue weighted by Crippen LogP contribution is -2.51. The van der Waals surface area contributed by atoms with Crippen molar-refractivity contribution >= 4 is 5.91 Å². The Morgan fingerprint density at radius 2 is 1.76 bits per heavy atom. The van der Waals surface area contributed by atoms with Gasteiger partial charge in [-0.15, -0.1) is 0 Å². The molecule has 4 rings (SSSR count). The van der Waals surface area contributed by atoms with Gasteiger partial charge in [0.05, 0.1) is 11.4 Å². The molecule has 0 spiro atoms. The average molecular weight is 391 g/mol. The summed E-state index contributed by atoms with van der Waals surface area (Å²) in [5, 5.41) is 7.66. The molecule has 3 aromatic rings. The highest BCUT2D eigenvalue weighted by Gasteiger charge is 2.34. The van der Waals surface area contributed by atoms with Crippen LogP contribution in [0.15, 0.2) is 60.7 Å². The second-order valence-electron chi connectivity index (χ2n) is 7.45. The molecule has 0 fully saturated rings. The van der Waals surface area contributed by atoms with Gasteiger partial charge < -0.3 is 14.8 Å². The molecule has 0 radical (unpaired) electrons. The van der Waals surface area contributed by atoms with Crippen LogP contribution in [0.25, 0.3) is 5.69 Å². The van der Waals surface area contributed by atoms with Crippen LogP contribution in [-0.2, 0) is 11.2 Å². The van der Waals surface area contributed by atoms with E-state index in [0.29, 0.717) is 17.9 Å². The number of rotatable bonds is 5. The van der Waals surface area contributed by atoms with Crippen molar-refractivity contribution in [3.8, 4) is 17.2 Å². The standard InChI is InChI=1S/C23H25N3O3/c1-15(13-19-14-16(2)25-26(19)18-9-5-4-6-10-18)24-23(27)22-17(3)28-20-11-7-8-12-21(20)29-22/h4-12,14-15,17,22H,13H2,1-3H3,(H,24,27)/t15-,17-,22+/m0/s1. The SMILES string of the molecule is Cc1cc(C[C@H](C)NC(=O)[C@@H]2Oc3ccccc3O[C@H]2C)n(-c2ccccc2)n1. The van der Waals surface area contributed by atoms with Crippen molar-refractivity contribution in [1.82, 2.24) is 15.1 Å². The van der Waals surface area contributed by atoms with E-state index in [2.05, 4.69) is 16.5 Å². The van der Waals surface area contributed by atoms with E-state index >= 15 is 0 Å². The monoisotopic (exact) mass is 391 g/mol. The average Bonchev–Trinajstić information content (AvgIpc) is 3.07. The predicted molar refractivity (Wildman–Crippen MR) is 111 cm³/mol. The molecule has 1 amide bonds. The molecule has 0 saturated heterocycles. The van der Waals surface area contributed by atoms with Crippen molar-refractivity contribution in [2.45, 2.75) is 45.4 Å². The highest BCUT2D eigenvalue weighted by Crippen LogP contribution is 2.33. The largest absolute Gasteiger partial charge is 0.482 e. The molecule has 1 aliphatic heterocycles. The van der Waals surface area contributed by atoms with Crippen molar-refractivity contribution < 1.29 is 14.3 Å². The van der Waals surface area contributed by atoms with Crippen LogP contribution in [0.2, 0.25) is 0 Å². The Hall–Kier alpha value is -3.28. The van der Waals surface area contributed by atoms with Gasteiger partial charge in [0.1, 0.15) is 6.10 Å². The zero-order valence-corrected chi connectivity index (χ0v) is 16.8. The fourth-order valence-electron chi connectivity index (χ4n) is 3.59. The number of para-hydroxylation sites is 3. The van der Waals surface area contributed by atoms with E-state index in [1.165, 1.54) is 0 Å². The summed E-state index contributed by atoms with van der Waals surface area (Å²) in [7, 11) is 0. The van der Waals surface area contributed by atoms with Gasteiger partial charge in [0.15, 0.2) is 11.5 Å². The van der Waals surface area contributed by atoms with Gasteiger partial charge in [-0.05, 0) is 51.1 Å². The van der Waals surface area contributed by atoms with Crippen molar-refractivity contribution in [3.05, 3.63) is 72.1 Å². The molecule has 0 aliphatic carbocycles. The number of carbonyl (C=O) groups is 1. The third-order valence-electron chi connectivity index (χ3n) is 4.91. The first-order valence-corrected chi connectivity index (χ1v) is 9.85. The minimum absolute atomic E-state index is 0.0889. The lowest BCUT2D eigenvalue weighted by molar-refractivity contribution is -0.134. The maximum Gasteiger partial charge on any atom is 0.265 e. The minimum Gasteiger partial charge on any atom is -0.482 e. The second kappa shape index (κ2) is 7.99. The third-order valence-corrected chi connectivity index (χ3v) is 4.91. The van der Waals surface area contributed by atoms with Crippen LogP contribution in [0.5, 0.6) is 11.5 Å². The molecule has 6 heteroatoms. The molecule has 3 atom stereocenters. The smallest absolute Gasteiger partial charge is 0.265 e. The van der Waals surface area contributed by atoms with Gasteiger partial charge >= 0.3 is 0 Å². The zero-order valence-electron chi connectivity index (χ0n) is 16.8. The second-order valence-corrected chi connectivity index (χ2v) is 7.45. The van der Waals surface area contributed by atoms with Crippen LogP contribution in [0.4, 0.5) is 0 Å². The summed E-state index contributed by atoms with van der Waals surface area (Å²) >= 11 is 0. The number of fused-ring (bicyclic) bond motifs is 1. The number of nitrogens with one attached hydrogen (secondary N) is 1. The molecular formula is C23H25N3O3. The zero-order chi connectivity index (χ0) is 20.4. The first-order chi connectivity index (χ1) is 14.0. The molecule has 1 N–H and O–H groups in total. The Morgan fingerprint density at radius 1 is 1.10 bits per heavy atom. The Bertz CT molecular complexity index is 1000. The maximum atomic E-state index is 12.8. The van der Waals surface area contributed by atoms with Crippen LogP contribution in [0.1, 0.15) is 25.2 Å². The Kier molecular flexibility index (Phi) is 5.25. The summed E-state index contributed by atoms with van der Waals surface area (Å²) in [4.78, 5) is 12.8. The Labute approximate surface area is 170 Å². The number of aromatic nitrogens is 2. The van der Waals surface area contributed by atoms with E-state index in [-0.39, 0.29) is 18.1 Å². The van der Waals surface area contributed by atoms with E-state index in [4.69, 9.17) is 9.47 Å². The number of aryl methyl sites for hydroxylation is 1. The number of hydrogen-bond donors (Lipinski definition) is 1. The molecule has 0 saturated carbocycles. The first-order valence-electron chi connectivity index (χ1n) is 9.85. The number of ether oxygens (including phenoxy) is 2. The van der Waals surface area contributed by atoms with Gasteiger partial charge in [-0.3, -0.25) is 4.79 Å². The van der Waals surface area contributed by atoms with Crippen molar-refractivity contribution in [2.24, 2.45) is 0 Å². The van der Waals surface area contributed by atoms with Gasteiger partial charge in [-0.25, -0.2) is 4.68 Å². The summed E-state index contributed by atoms with van der Waals surface area (Å²) in [6.45, 7) is 5.80. The minimum atomic E-state index is -0.687. The van der Waals surface area contributed by atoms with Gasteiger partial charge in [-0.2, -0.15) is 5.10 Å². The molecule has 0 bridgehead atoms. The van der Waals surface area contributed by atoms with Crippen LogP contribution in [0, 0.1) is 6.92 Å². The van der Waals surface area contributed by atoms with Crippen LogP contribution in [-0.4, -0.2) is 33.9 Å². The van der Waals surface area contributed by atoms with E-state index in [1.807, 2.05) is 80.1 Å². The van der Waals surface area contributed by atoms with Gasteiger partial charge in [0, 0.05) is 18.2 Å². The number of carbonyl (C=O) groups excluding carboxylic acids is 1. The van der Waals surface area contributed by atoms with Crippen molar-refractivity contribution in [1.29, 1.82) is 0 Å². The van der Waals surface area contributed by atoms with Gasteiger partial charge in [0.2, 0.25) is 6.10 Å². The summed E-state index contributed by atoms with van der Waals surface area (Å²) in [5.74, 6) is 1.08. The lowest BCUT2D eigenvalue weighted by Gasteiger charge is -2.31. The van der Waals surface area contributed by atoms with E-state index in [0.717, 1.165) is 17.1 Å². The summed E-state index contributed by atoms with van der Waals surface area (Å²) in [5.41, 5.74) is 2.99. The topological polar surface area (TPSA) is 65.4 Å². The normalized spacial score (nSPS) is 18.9. The molecule has 6 nitrogen and oxygen atoms in total. The Balaban J connectivity index is 1.44. The van der Waals surface area contributed by atoms with E-state index in [1.54, 1.807) is 0 Å². The molecule has 2 heterocycles. The van der Waals surface area contributed by atoms with Crippen molar-refractivity contribution in [3.63, 3.8) is 0 Å². The molecule has 150 valence electrons. The molecule has 1 aromatic heterocycles. The van der Waals surface area contributed by atoms with Crippen LogP contribution in [0.3, 0.4) is 0 Å². The molecule has 0 unspecified atom stereocenters. The highest BCUT2D eigenvalue weighted by molar-refractivity contribution is 5.82. The fourth-order valence-corrected chi connectivity index (χ4v) is 3.59. The van der Waals surface area contributed by atoms with Crippen molar-refractivity contribution in [2.75, 3.05) is 0 Å².